The van der Waals surface area contributed by atoms with Gasteiger partial charge in [0.05, 0.1) is 6.61 Å². The van der Waals surface area contributed by atoms with Crippen LogP contribution in [0.3, 0.4) is 0 Å². The van der Waals surface area contributed by atoms with Crippen LogP contribution in [0.15, 0.2) is 24.3 Å². The van der Waals surface area contributed by atoms with Crippen LogP contribution < -0.4 is 10.5 Å². The van der Waals surface area contributed by atoms with E-state index < -0.39 is 0 Å². The van der Waals surface area contributed by atoms with Gasteiger partial charge in [-0.25, -0.2) is 0 Å². The monoisotopic (exact) mass is 229 g/mol. The zero-order chi connectivity index (χ0) is 10.4. The molecule has 1 unspecified atom stereocenters. The molecule has 1 aromatic rings. The zero-order valence-electron chi connectivity index (χ0n) is 9.40. The van der Waals surface area contributed by atoms with Gasteiger partial charge in [0.1, 0.15) is 5.75 Å². The number of hydrogen-bond acceptors (Lipinski definition) is 2. The predicted octanol–water partition coefficient (Wildman–Crippen LogP) is 2.79. The van der Waals surface area contributed by atoms with Crippen molar-refractivity contribution in [1.29, 1.82) is 0 Å². The van der Waals surface area contributed by atoms with E-state index in [1.165, 1.54) is 5.56 Å². The van der Waals surface area contributed by atoms with E-state index in [9.17, 15) is 0 Å². The Balaban J connectivity index is 0.00000196. The van der Waals surface area contributed by atoms with E-state index in [0.29, 0.717) is 0 Å². The fraction of sp³-hybridized carbons (Fsp3) is 0.500. The van der Waals surface area contributed by atoms with E-state index in [1.807, 2.05) is 19.1 Å². The second-order valence-electron chi connectivity index (χ2n) is 3.67. The predicted molar refractivity (Wildman–Crippen MR) is 66.8 cm³/mol. The van der Waals surface area contributed by atoms with Gasteiger partial charge < -0.3 is 10.5 Å². The van der Waals surface area contributed by atoms with E-state index in [4.69, 9.17) is 10.5 Å². The lowest BCUT2D eigenvalue weighted by molar-refractivity contribution is 0.317. The first-order chi connectivity index (χ1) is 6.72. The number of rotatable bonds is 5. The molecular formula is C12H20ClNO. The van der Waals surface area contributed by atoms with Gasteiger partial charge in [0.15, 0.2) is 0 Å². The third-order valence-corrected chi connectivity index (χ3v) is 1.95. The van der Waals surface area contributed by atoms with Gasteiger partial charge in [-0.3, -0.25) is 0 Å². The number of nitrogens with two attached hydrogens (primary N) is 1. The van der Waals surface area contributed by atoms with Crippen molar-refractivity contribution in [3.05, 3.63) is 29.8 Å². The highest BCUT2D eigenvalue weighted by Crippen LogP contribution is 2.13. The normalized spacial score (nSPS) is 11.7. The van der Waals surface area contributed by atoms with Gasteiger partial charge in [0, 0.05) is 6.04 Å². The van der Waals surface area contributed by atoms with Crippen LogP contribution in [0.5, 0.6) is 5.75 Å². The Hall–Kier alpha value is -0.730. The lowest BCUT2D eigenvalue weighted by Gasteiger charge is -2.07. The fourth-order valence-electron chi connectivity index (χ4n) is 1.31. The first-order valence-electron chi connectivity index (χ1n) is 5.19. The van der Waals surface area contributed by atoms with Gasteiger partial charge in [-0.2, -0.15) is 0 Å². The van der Waals surface area contributed by atoms with Gasteiger partial charge in [0.2, 0.25) is 0 Å². The van der Waals surface area contributed by atoms with Crippen LogP contribution in [0.4, 0.5) is 0 Å². The molecule has 1 rings (SSSR count). The molecule has 0 spiro atoms. The molecule has 0 saturated heterocycles. The Bertz CT molecular complexity index is 259. The van der Waals surface area contributed by atoms with Crippen molar-refractivity contribution in [2.24, 2.45) is 5.73 Å². The molecule has 1 aromatic carbocycles. The van der Waals surface area contributed by atoms with E-state index in [-0.39, 0.29) is 18.4 Å². The SMILES string of the molecule is CCCOc1ccc(CC(C)N)cc1.Cl. The molecule has 0 radical (unpaired) electrons. The summed E-state index contributed by atoms with van der Waals surface area (Å²) in [6.07, 6.45) is 1.97. The van der Waals surface area contributed by atoms with E-state index >= 15 is 0 Å². The Morgan fingerprint density at radius 3 is 2.33 bits per heavy atom. The number of hydrogen-bond donors (Lipinski definition) is 1. The van der Waals surface area contributed by atoms with Crippen molar-refractivity contribution in [3.8, 4) is 5.75 Å². The minimum atomic E-state index is 0. The molecule has 0 aliphatic heterocycles. The van der Waals surface area contributed by atoms with Crippen LogP contribution in [0.2, 0.25) is 0 Å². The molecule has 1 atom stereocenters. The number of ether oxygens (including phenoxy) is 1. The van der Waals surface area contributed by atoms with Crippen LogP contribution in [0.1, 0.15) is 25.8 Å². The number of benzene rings is 1. The zero-order valence-corrected chi connectivity index (χ0v) is 10.2. The topological polar surface area (TPSA) is 35.2 Å². The van der Waals surface area contributed by atoms with Crippen molar-refractivity contribution in [1.82, 2.24) is 0 Å². The smallest absolute Gasteiger partial charge is 0.119 e. The molecule has 3 heteroatoms. The molecule has 0 heterocycles. The number of halogens is 1. The maximum atomic E-state index is 5.71. The third kappa shape index (κ3) is 5.65. The minimum absolute atomic E-state index is 0. The second kappa shape index (κ2) is 7.55. The maximum absolute atomic E-state index is 5.71. The second-order valence-corrected chi connectivity index (χ2v) is 3.67. The quantitative estimate of drug-likeness (QED) is 0.843. The van der Waals surface area contributed by atoms with Crippen molar-refractivity contribution < 1.29 is 4.74 Å². The lowest BCUT2D eigenvalue weighted by Crippen LogP contribution is -2.17. The first kappa shape index (κ1) is 14.3. The molecule has 0 aromatic heterocycles. The van der Waals surface area contributed by atoms with Crippen LogP contribution in [-0.2, 0) is 6.42 Å². The standard InChI is InChI=1S/C12H19NO.ClH/c1-3-8-14-12-6-4-11(5-7-12)9-10(2)13;/h4-7,10H,3,8-9,13H2,1-2H3;1H. The summed E-state index contributed by atoms with van der Waals surface area (Å²) in [5.74, 6) is 0.945. The largest absolute Gasteiger partial charge is 0.494 e. The molecule has 0 amide bonds. The summed E-state index contributed by atoms with van der Waals surface area (Å²) >= 11 is 0. The van der Waals surface area contributed by atoms with Crippen molar-refractivity contribution >= 4 is 12.4 Å². The first-order valence-corrected chi connectivity index (χ1v) is 5.19. The van der Waals surface area contributed by atoms with Gasteiger partial charge in [-0.1, -0.05) is 19.1 Å². The highest BCUT2D eigenvalue weighted by atomic mass is 35.5. The molecule has 86 valence electrons. The van der Waals surface area contributed by atoms with Gasteiger partial charge >= 0.3 is 0 Å². The van der Waals surface area contributed by atoms with Crippen LogP contribution in [0.25, 0.3) is 0 Å². The van der Waals surface area contributed by atoms with Crippen molar-refractivity contribution in [3.63, 3.8) is 0 Å². The summed E-state index contributed by atoms with van der Waals surface area (Å²) < 4.78 is 5.48. The molecule has 0 fully saturated rings. The Morgan fingerprint density at radius 2 is 1.87 bits per heavy atom. The summed E-state index contributed by atoms with van der Waals surface area (Å²) in [6, 6.07) is 8.39. The summed E-state index contributed by atoms with van der Waals surface area (Å²) in [5.41, 5.74) is 6.98. The molecule has 15 heavy (non-hydrogen) atoms. The Kier molecular flexibility index (Phi) is 7.18. The minimum Gasteiger partial charge on any atom is -0.494 e. The summed E-state index contributed by atoms with van der Waals surface area (Å²) in [6.45, 7) is 4.90. The van der Waals surface area contributed by atoms with E-state index in [0.717, 1.165) is 25.2 Å². The van der Waals surface area contributed by atoms with Gasteiger partial charge in [0.25, 0.3) is 0 Å². The molecule has 2 N–H and O–H groups in total. The highest BCUT2D eigenvalue weighted by Gasteiger charge is 1.98. The average Bonchev–Trinajstić information content (AvgIpc) is 2.16. The highest BCUT2D eigenvalue weighted by molar-refractivity contribution is 5.85. The molecule has 2 nitrogen and oxygen atoms in total. The Morgan fingerprint density at radius 1 is 1.27 bits per heavy atom. The Labute approximate surface area is 98.2 Å². The average molecular weight is 230 g/mol. The summed E-state index contributed by atoms with van der Waals surface area (Å²) in [5, 5.41) is 0. The maximum Gasteiger partial charge on any atom is 0.119 e. The molecule has 0 saturated carbocycles. The van der Waals surface area contributed by atoms with Crippen LogP contribution in [0, 0.1) is 0 Å². The van der Waals surface area contributed by atoms with Crippen molar-refractivity contribution in [2.45, 2.75) is 32.7 Å². The molecule has 0 aliphatic rings. The lowest BCUT2D eigenvalue weighted by atomic mass is 10.1. The fourth-order valence-corrected chi connectivity index (χ4v) is 1.31. The van der Waals surface area contributed by atoms with Crippen LogP contribution in [-0.4, -0.2) is 12.6 Å². The van der Waals surface area contributed by atoms with Gasteiger partial charge in [-0.15, -0.1) is 12.4 Å². The summed E-state index contributed by atoms with van der Waals surface area (Å²) in [7, 11) is 0. The van der Waals surface area contributed by atoms with Gasteiger partial charge in [-0.05, 0) is 37.5 Å². The van der Waals surface area contributed by atoms with E-state index in [2.05, 4.69) is 19.1 Å². The molecule has 0 aliphatic carbocycles. The summed E-state index contributed by atoms with van der Waals surface area (Å²) in [4.78, 5) is 0. The van der Waals surface area contributed by atoms with E-state index in [1.54, 1.807) is 0 Å². The molecule has 0 bridgehead atoms. The third-order valence-electron chi connectivity index (χ3n) is 1.95. The van der Waals surface area contributed by atoms with Crippen molar-refractivity contribution in [2.75, 3.05) is 6.61 Å². The molecular weight excluding hydrogens is 210 g/mol. The van der Waals surface area contributed by atoms with Crippen LogP contribution >= 0.6 is 12.4 Å².